The van der Waals surface area contributed by atoms with Crippen molar-refractivity contribution in [3.63, 3.8) is 0 Å². The standard InChI is InChI=1S/C17H17N3O/c1-12-16(6-7-17(21)19-12)13-2-4-14(5-3-13)20-15-8-10-18-11-9-15/h2-5,8-11H,6-7H2,1H3,(H,18,20)(H,19,21). The molecule has 0 unspecified atom stereocenters. The number of hydrogen-bond acceptors (Lipinski definition) is 3. The van der Waals surface area contributed by atoms with Gasteiger partial charge in [-0.05, 0) is 48.7 Å². The predicted molar refractivity (Wildman–Crippen MR) is 83.9 cm³/mol. The topological polar surface area (TPSA) is 54.0 Å². The van der Waals surface area contributed by atoms with E-state index in [9.17, 15) is 4.79 Å². The fourth-order valence-corrected chi connectivity index (χ4v) is 2.49. The van der Waals surface area contributed by atoms with E-state index in [1.165, 1.54) is 5.57 Å². The van der Waals surface area contributed by atoms with Crippen molar-refractivity contribution in [3.05, 3.63) is 60.1 Å². The average Bonchev–Trinajstić information content (AvgIpc) is 2.49. The maximum atomic E-state index is 11.3. The van der Waals surface area contributed by atoms with Crippen LogP contribution in [0.2, 0.25) is 0 Å². The lowest BCUT2D eigenvalue weighted by atomic mass is 9.96. The zero-order chi connectivity index (χ0) is 14.7. The lowest BCUT2D eigenvalue weighted by Crippen LogP contribution is -2.26. The number of nitrogens with zero attached hydrogens (tertiary/aromatic N) is 1. The highest BCUT2D eigenvalue weighted by atomic mass is 16.1. The van der Waals surface area contributed by atoms with Crippen LogP contribution < -0.4 is 10.6 Å². The second-order valence-electron chi connectivity index (χ2n) is 5.09. The van der Waals surface area contributed by atoms with Gasteiger partial charge in [0.1, 0.15) is 0 Å². The van der Waals surface area contributed by atoms with Crippen LogP contribution in [0.1, 0.15) is 25.3 Å². The van der Waals surface area contributed by atoms with Crippen LogP contribution in [-0.4, -0.2) is 10.9 Å². The molecular weight excluding hydrogens is 262 g/mol. The van der Waals surface area contributed by atoms with Crippen molar-refractivity contribution in [2.45, 2.75) is 19.8 Å². The van der Waals surface area contributed by atoms with E-state index in [1.807, 2.05) is 31.2 Å². The number of nitrogens with one attached hydrogen (secondary N) is 2. The highest BCUT2D eigenvalue weighted by Gasteiger charge is 2.15. The molecule has 0 atom stereocenters. The van der Waals surface area contributed by atoms with Crippen LogP contribution in [0.3, 0.4) is 0 Å². The molecular formula is C17H17N3O. The smallest absolute Gasteiger partial charge is 0.224 e. The first-order valence-corrected chi connectivity index (χ1v) is 6.99. The van der Waals surface area contributed by atoms with Gasteiger partial charge in [-0.25, -0.2) is 0 Å². The first-order valence-electron chi connectivity index (χ1n) is 6.99. The van der Waals surface area contributed by atoms with Crippen molar-refractivity contribution in [1.82, 2.24) is 10.3 Å². The second kappa shape index (κ2) is 5.79. The van der Waals surface area contributed by atoms with Crippen molar-refractivity contribution in [1.29, 1.82) is 0 Å². The zero-order valence-corrected chi connectivity index (χ0v) is 11.9. The summed E-state index contributed by atoms with van der Waals surface area (Å²) < 4.78 is 0. The Labute approximate surface area is 123 Å². The number of hydrogen-bond donors (Lipinski definition) is 2. The summed E-state index contributed by atoms with van der Waals surface area (Å²) in [6, 6.07) is 12.1. The Bertz CT molecular complexity index is 675. The van der Waals surface area contributed by atoms with E-state index >= 15 is 0 Å². The molecule has 1 aromatic heterocycles. The minimum absolute atomic E-state index is 0.104. The maximum absolute atomic E-state index is 11.3. The molecule has 4 heteroatoms. The lowest BCUT2D eigenvalue weighted by Gasteiger charge is -2.19. The van der Waals surface area contributed by atoms with Gasteiger partial charge >= 0.3 is 0 Å². The largest absolute Gasteiger partial charge is 0.355 e. The fraction of sp³-hybridized carbons (Fsp3) is 0.176. The number of aromatic nitrogens is 1. The van der Waals surface area contributed by atoms with E-state index in [1.54, 1.807) is 12.4 Å². The third kappa shape index (κ3) is 3.11. The molecule has 21 heavy (non-hydrogen) atoms. The summed E-state index contributed by atoms with van der Waals surface area (Å²) in [5.41, 5.74) is 5.38. The molecule has 0 aliphatic carbocycles. The molecule has 1 aliphatic rings. The monoisotopic (exact) mass is 279 g/mol. The van der Waals surface area contributed by atoms with E-state index in [-0.39, 0.29) is 5.91 Å². The van der Waals surface area contributed by atoms with Gasteiger partial charge in [-0.15, -0.1) is 0 Å². The summed E-state index contributed by atoms with van der Waals surface area (Å²) in [5.74, 6) is 0.104. The van der Waals surface area contributed by atoms with Crippen LogP contribution in [-0.2, 0) is 4.79 Å². The molecule has 1 aliphatic heterocycles. The van der Waals surface area contributed by atoms with Gasteiger partial charge in [0.15, 0.2) is 0 Å². The molecule has 1 aromatic carbocycles. The third-order valence-corrected chi connectivity index (χ3v) is 3.58. The highest BCUT2D eigenvalue weighted by molar-refractivity contribution is 5.86. The fourth-order valence-electron chi connectivity index (χ4n) is 2.49. The van der Waals surface area contributed by atoms with Crippen LogP contribution in [0.5, 0.6) is 0 Å². The van der Waals surface area contributed by atoms with Crippen LogP contribution in [0, 0.1) is 0 Å². The van der Waals surface area contributed by atoms with E-state index in [2.05, 4.69) is 27.8 Å². The lowest BCUT2D eigenvalue weighted by molar-refractivity contribution is -0.120. The molecule has 0 saturated carbocycles. The number of carbonyl (C=O) groups is 1. The molecule has 0 radical (unpaired) electrons. The summed E-state index contributed by atoms with van der Waals surface area (Å²) in [6.07, 6.45) is 4.88. The number of rotatable bonds is 3. The number of allylic oxidation sites excluding steroid dienone is 2. The maximum Gasteiger partial charge on any atom is 0.224 e. The predicted octanol–water partition coefficient (Wildman–Crippen LogP) is 3.47. The van der Waals surface area contributed by atoms with Crippen molar-refractivity contribution >= 4 is 22.9 Å². The molecule has 0 saturated heterocycles. The van der Waals surface area contributed by atoms with E-state index in [4.69, 9.17) is 0 Å². The zero-order valence-electron chi connectivity index (χ0n) is 11.9. The van der Waals surface area contributed by atoms with Gasteiger partial charge < -0.3 is 10.6 Å². The molecule has 4 nitrogen and oxygen atoms in total. The first-order chi connectivity index (χ1) is 10.2. The number of pyridine rings is 1. The van der Waals surface area contributed by atoms with Gasteiger partial charge in [0.2, 0.25) is 5.91 Å². The molecule has 2 heterocycles. The highest BCUT2D eigenvalue weighted by Crippen LogP contribution is 2.27. The summed E-state index contributed by atoms with van der Waals surface area (Å²) in [4.78, 5) is 15.3. The van der Waals surface area contributed by atoms with Gasteiger partial charge in [0.05, 0.1) is 0 Å². The average molecular weight is 279 g/mol. The number of benzene rings is 1. The second-order valence-corrected chi connectivity index (χ2v) is 5.09. The molecule has 0 spiro atoms. The number of carbonyl (C=O) groups excluding carboxylic acids is 1. The Kier molecular flexibility index (Phi) is 3.69. The van der Waals surface area contributed by atoms with E-state index in [0.717, 1.165) is 29.1 Å². The van der Waals surface area contributed by atoms with Gasteiger partial charge in [0, 0.05) is 35.9 Å². The van der Waals surface area contributed by atoms with E-state index < -0.39 is 0 Å². The minimum Gasteiger partial charge on any atom is -0.355 e. The van der Waals surface area contributed by atoms with Gasteiger partial charge in [-0.1, -0.05) is 12.1 Å². The summed E-state index contributed by atoms with van der Waals surface area (Å²) in [6.45, 7) is 1.95. The third-order valence-electron chi connectivity index (χ3n) is 3.58. The summed E-state index contributed by atoms with van der Waals surface area (Å²) in [5, 5.41) is 6.23. The van der Waals surface area contributed by atoms with Crippen molar-refractivity contribution in [2.24, 2.45) is 0 Å². The van der Waals surface area contributed by atoms with Crippen molar-refractivity contribution in [3.8, 4) is 0 Å². The van der Waals surface area contributed by atoms with Crippen molar-refractivity contribution in [2.75, 3.05) is 5.32 Å². The molecule has 2 aromatic rings. The molecule has 1 amide bonds. The van der Waals surface area contributed by atoms with Crippen LogP contribution >= 0.6 is 0 Å². The normalized spacial score (nSPS) is 14.8. The van der Waals surface area contributed by atoms with Gasteiger partial charge in [0.25, 0.3) is 0 Å². The first kappa shape index (κ1) is 13.4. The Hall–Kier alpha value is -2.62. The van der Waals surface area contributed by atoms with Gasteiger partial charge in [-0.3, -0.25) is 9.78 Å². The van der Waals surface area contributed by atoms with Gasteiger partial charge in [-0.2, -0.15) is 0 Å². The minimum atomic E-state index is 0.104. The van der Waals surface area contributed by atoms with Crippen molar-refractivity contribution < 1.29 is 4.79 Å². The van der Waals surface area contributed by atoms with Crippen LogP contribution in [0.4, 0.5) is 11.4 Å². The van der Waals surface area contributed by atoms with E-state index in [0.29, 0.717) is 6.42 Å². The Balaban J connectivity index is 1.78. The molecule has 106 valence electrons. The molecule has 0 fully saturated rings. The Morgan fingerprint density at radius 2 is 1.67 bits per heavy atom. The van der Waals surface area contributed by atoms with Crippen LogP contribution in [0.25, 0.3) is 5.57 Å². The Morgan fingerprint density at radius 1 is 1.00 bits per heavy atom. The quantitative estimate of drug-likeness (QED) is 0.904. The molecule has 0 bridgehead atoms. The SMILES string of the molecule is CC1=C(c2ccc(Nc3ccncc3)cc2)CCC(=O)N1. The summed E-state index contributed by atoms with van der Waals surface area (Å²) >= 11 is 0. The van der Waals surface area contributed by atoms with Crippen LogP contribution in [0.15, 0.2) is 54.5 Å². The number of amides is 1. The number of anilines is 2. The molecule has 3 rings (SSSR count). The Morgan fingerprint density at radius 3 is 2.33 bits per heavy atom. The summed E-state index contributed by atoms with van der Waals surface area (Å²) in [7, 11) is 0. The molecule has 2 N–H and O–H groups in total.